The first-order valence-corrected chi connectivity index (χ1v) is 0.632. The van der Waals surface area contributed by atoms with Crippen molar-refractivity contribution in [2.24, 2.45) is 0 Å². The summed E-state index contributed by atoms with van der Waals surface area (Å²) in [5, 5.41) is 15.3. The van der Waals surface area contributed by atoms with E-state index in [0.29, 0.717) is 0 Å². The largest absolute Gasteiger partial charge is 1.00 e. The topological polar surface area (TPSA) is 60.4 Å². The summed E-state index contributed by atoms with van der Waals surface area (Å²) in [6, 6.07) is 0. The van der Waals surface area contributed by atoms with E-state index < -0.39 is 6.16 Å². The van der Waals surface area contributed by atoms with Gasteiger partial charge in [0.05, 0.1) is 0 Å². The first-order valence-electron chi connectivity index (χ1n) is 0.632. The Bertz CT molecular complexity index is 37.9. The summed E-state index contributed by atoms with van der Waals surface area (Å²) in [5.74, 6) is 0. The zero-order chi connectivity index (χ0) is 3.58. The molecule has 1 N–H and O–H groups in total. The molecule has 6 heteroatoms. The number of hydrogen-bond donors (Lipinski definition) is 1. The van der Waals surface area contributed by atoms with Crippen LogP contribution in [-0.2, 0) is 0 Å². The van der Waals surface area contributed by atoms with Crippen LogP contribution in [0.5, 0.6) is 0 Å². The van der Waals surface area contributed by atoms with Gasteiger partial charge in [0, 0.05) is 0 Å². The van der Waals surface area contributed by atoms with Crippen molar-refractivity contribution in [1.82, 2.24) is 0 Å². The van der Waals surface area contributed by atoms with Crippen LogP contribution in [0.3, 0.4) is 0 Å². The molecule has 0 rings (SSSR count). The Morgan fingerprint density at radius 3 is 1.57 bits per heavy atom. The fourth-order valence-corrected chi connectivity index (χ4v) is 0. The molecule has 0 fully saturated rings. The van der Waals surface area contributed by atoms with Gasteiger partial charge in [-0.15, -0.1) is 0 Å². The molecule has 0 heterocycles. The Labute approximate surface area is 109 Å². The van der Waals surface area contributed by atoms with Gasteiger partial charge in [0.1, 0.15) is 0 Å². The molecule has 0 atom stereocenters. The van der Waals surface area contributed by atoms with Crippen LogP contribution in [0.4, 0.5) is 4.79 Å². The second kappa shape index (κ2) is 15.7. The van der Waals surface area contributed by atoms with Crippen molar-refractivity contribution in [3.05, 3.63) is 0 Å². The van der Waals surface area contributed by atoms with Gasteiger partial charge < -0.3 is 15.0 Å². The van der Waals surface area contributed by atoms with Gasteiger partial charge in [-0.1, -0.05) is 0 Å². The van der Waals surface area contributed by atoms with Gasteiger partial charge in [-0.3, -0.25) is 0 Å². The molecule has 0 aliphatic carbocycles. The van der Waals surface area contributed by atoms with E-state index in [-0.39, 0.29) is 90.3 Å². The fraction of sp³-hybridized carbons (Fsp3) is 0. The van der Waals surface area contributed by atoms with E-state index in [1.165, 1.54) is 0 Å². The van der Waals surface area contributed by atoms with Gasteiger partial charge in [-0.25, -0.2) is 0 Å². The Morgan fingerprint density at radius 1 is 1.57 bits per heavy atom. The van der Waals surface area contributed by atoms with Gasteiger partial charge in [0.15, 0.2) is 0 Å². The van der Waals surface area contributed by atoms with Crippen LogP contribution in [0.25, 0.3) is 0 Å². The molecule has 0 amide bonds. The maximum Gasteiger partial charge on any atom is 1.00 e. The quantitative estimate of drug-likeness (QED) is 0.352. The summed E-state index contributed by atoms with van der Waals surface area (Å²) >= 11 is 0. The minimum absolute atomic E-state index is 0. The van der Waals surface area contributed by atoms with Crippen LogP contribution < -0.4 is 34.7 Å². The van der Waals surface area contributed by atoms with Gasteiger partial charge in [0.25, 0.3) is 0 Å². The summed E-state index contributed by atoms with van der Waals surface area (Å²) in [7, 11) is 0. The van der Waals surface area contributed by atoms with E-state index in [9.17, 15) is 0 Å². The Morgan fingerprint density at radius 2 is 1.57 bits per heavy atom. The van der Waals surface area contributed by atoms with Crippen molar-refractivity contribution in [3.8, 4) is 0 Å². The molecule has 0 saturated heterocycles. The van der Waals surface area contributed by atoms with Crippen LogP contribution in [0, 0.1) is 0 Å². The van der Waals surface area contributed by atoms with E-state index in [1.54, 1.807) is 0 Å². The average molecular weight is 152 g/mol. The molecule has 0 aromatic carbocycles. The van der Waals surface area contributed by atoms with Crippen molar-refractivity contribution in [3.63, 3.8) is 0 Å². The fourth-order valence-electron chi connectivity index (χ4n) is 0. The smallest absolute Gasteiger partial charge is 0.316 e. The summed E-state index contributed by atoms with van der Waals surface area (Å²) in [5.41, 5.74) is 0. The predicted octanol–water partition coefficient (Wildman–Crippen LogP) is -5.94. The van der Waals surface area contributed by atoms with E-state index in [0.717, 1.165) is 0 Å². The van der Waals surface area contributed by atoms with Gasteiger partial charge >= 0.3 is 90.3 Å². The zero-order valence-corrected chi connectivity index (χ0v) is 4.76. The van der Waals surface area contributed by atoms with Gasteiger partial charge in [-0.05, 0) is 0 Å². The molecule has 0 aromatic heterocycles. The Kier molecular flexibility index (Phi) is 51.3. The third-order valence-electron chi connectivity index (χ3n) is 0. The molecule has 0 bridgehead atoms. The van der Waals surface area contributed by atoms with Crippen molar-refractivity contribution >= 4 is 66.9 Å². The molecular formula is CH5CaMgNaO3. The maximum atomic E-state index is 8.44. The van der Waals surface area contributed by atoms with Crippen LogP contribution in [0.2, 0.25) is 0 Å². The molecule has 0 radical (unpaired) electrons. The van der Waals surface area contributed by atoms with E-state index >= 15 is 0 Å². The second-order valence-electron chi connectivity index (χ2n) is 0.266. The van der Waals surface area contributed by atoms with E-state index in [2.05, 4.69) is 0 Å². The SMILES string of the molecule is O=C([O-])O.[CaH2].[MgH2].[Na+]. The Hall–Kier alpha value is 2.30. The molecule has 3 nitrogen and oxygen atoms in total. The summed E-state index contributed by atoms with van der Waals surface area (Å²) in [6.07, 6.45) is -2.08. The minimum Gasteiger partial charge on any atom is 0.316 e. The molecule has 0 unspecified atom stereocenters. The van der Waals surface area contributed by atoms with Crippen LogP contribution in [0.15, 0.2) is 0 Å². The molecule has 7 heavy (non-hydrogen) atoms. The normalized spacial score (nSPS) is 3.43. The zero-order valence-electron chi connectivity index (χ0n) is 2.76. The first kappa shape index (κ1) is 22.8. The summed E-state index contributed by atoms with van der Waals surface area (Å²) < 4.78 is 0. The number of hydrogen-bond acceptors (Lipinski definition) is 2. The average Bonchev–Trinajstić information content (AvgIpc) is 0.811. The summed E-state index contributed by atoms with van der Waals surface area (Å²) in [6.45, 7) is 0. The van der Waals surface area contributed by atoms with Gasteiger partial charge in [-0.2, -0.15) is 0 Å². The third kappa shape index (κ3) is 62.4. The van der Waals surface area contributed by atoms with E-state index in [1.807, 2.05) is 0 Å². The molecule has 0 aliphatic heterocycles. The van der Waals surface area contributed by atoms with Crippen LogP contribution in [-0.4, -0.2) is 72.1 Å². The Balaban J connectivity index is -0.0000000150. The monoisotopic (exact) mass is 152 g/mol. The number of rotatable bonds is 0. The molecule has 0 aliphatic rings. The maximum absolute atomic E-state index is 8.44. The van der Waals surface area contributed by atoms with Crippen molar-refractivity contribution in [2.45, 2.75) is 0 Å². The molecule has 0 saturated carbocycles. The predicted molar refractivity (Wildman–Crippen MR) is 25.1 cm³/mol. The molecule has 0 aromatic rings. The van der Waals surface area contributed by atoms with Crippen molar-refractivity contribution < 1.29 is 44.6 Å². The number of carboxylic acid groups (broad SMARTS) is 2. The van der Waals surface area contributed by atoms with E-state index in [4.69, 9.17) is 15.0 Å². The minimum atomic E-state index is -2.08. The molecule has 32 valence electrons. The number of carbonyl (C=O) groups is 1. The molecule has 0 spiro atoms. The van der Waals surface area contributed by atoms with Crippen molar-refractivity contribution in [2.75, 3.05) is 0 Å². The standard InChI is InChI=1S/CH2O3.Ca.Mg.Na.4H/c2-1(3)4;;;;;;;/h(H2,2,3,4);;;;;;;/q;;;+1;;;;/p-1. The van der Waals surface area contributed by atoms with Crippen LogP contribution >= 0.6 is 0 Å². The summed E-state index contributed by atoms with van der Waals surface area (Å²) in [4.78, 5) is 8.44. The van der Waals surface area contributed by atoms with Gasteiger partial charge in [0.2, 0.25) is 6.16 Å². The van der Waals surface area contributed by atoms with Crippen LogP contribution in [0.1, 0.15) is 0 Å². The third-order valence-corrected chi connectivity index (χ3v) is 0. The second-order valence-corrected chi connectivity index (χ2v) is 0.266. The van der Waals surface area contributed by atoms with Crippen molar-refractivity contribution in [1.29, 1.82) is 0 Å². The first-order chi connectivity index (χ1) is 1.73. The molecular weight excluding hydrogens is 147 g/mol.